The molecule has 9 heteroatoms. The van der Waals surface area contributed by atoms with Crippen LogP contribution in [0, 0.1) is 19.7 Å². The van der Waals surface area contributed by atoms with Crippen LogP contribution in [0.25, 0.3) is 0 Å². The van der Waals surface area contributed by atoms with Crippen molar-refractivity contribution in [3.63, 3.8) is 0 Å². The Morgan fingerprint density at radius 1 is 1.14 bits per heavy atom. The second-order valence-electron chi connectivity index (χ2n) is 9.08. The summed E-state index contributed by atoms with van der Waals surface area (Å²) < 4.78 is 13.5. The monoisotopic (exact) mass is 534 g/mol. The molecule has 0 fully saturated rings. The van der Waals surface area contributed by atoms with Crippen LogP contribution in [0.4, 0.5) is 10.1 Å². The highest BCUT2D eigenvalue weighted by Gasteiger charge is 2.39. The van der Waals surface area contributed by atoms with Crippen LogP contribution in [0.5, 0.6) is 0 Å². The lowest BCUT2D eigenvalue weighted by Gasteiger charge is -2.23. The van der Waals surface area contributed by atoms with Gasteiger partial charge in [-0.25, -0.2) is 9.40 Å². The first-order chi connectivity index (χ1) is 17.8. The summed E-state index contributed by atoms with van der Waals surface area (Å²) in [7, 11) is 0. The van der Waals surface area contributed by atoms with Gasteiger partial charge in [0.1, 0.15) is 11.1 Å². The van der Waals surface area contributed by atoms with Gasteiger partial charge in [0.2, 0.25) is 5.91 Å². The lowest BCUT2D eigenvalue weighted by Crippen LogP contribution is -2.25. The molecule has 2 atom stereocenters. The van der Waals surface area contributed by atoms with Gasteiger partial charge in [0.25, 0.3) is 5.91 Å². The molecule has 0 spiro atoms. The normalized spacial score (nSPS) is 19.1. The number of halogens is 2. The van der Waals surface area contributed by atoms with Crippen LogP contribution in [-0.4, -0.2) is 33.0 Å². The molecule has 6 nitrogen and oxygen atoms in total. The molecule has 0 bridgehead atoms. The highest BCUT2D eigenvalue weighted by atomic mass is 35.5. The van der Waals surface area contributed by atoms with Crippen LogP contribution < -0.4 is 5.32 Å². The minimum Gasteiger partial charge on any atom is -0.326 e. The van der Waals surface area contributed by atoms with Gasteiger partial charge in [-0.15, -0.1) is 0 Å². The van der Waals surface area contributed by atoms with Crippen molar-refractivity contribution in [2.75, 3.05) is 5.32 Å². The lowest BCUT2D eigenvalue weighted by molar-refractivity contribution is -0.121. The van der Waals surface area contributed by atoms with Crippen molar-refractivity contribution in [2.24, 2.45) is 10.1 Å². The van der Waals surface area contributed by atoms with Gasteiger partial charge in [0.05, 0.1) is 11.8 Å². The van der Waals surface area contributed by atoms with Crippen molar-refractivity contribution in [3.05, 3.63) is 99.8 Å². The molecule has 3 aromatic rings. The lowest BCUT2D eigenvalue weighted by atomic mass is 9.98. The smallest absolute Gasteiger partial charge is 0.262 e. The summed E-state index contributed by atoms with van der Waals surface area (Å²) in [6.45, 7) is 3.88. The van der Waals surface area contributed by atoms with Crippen LogP contribution in [0.1, 0.15) is 41.1 Å². The van der Waals surface area contributed by atoms with Crippen LogP contribution >= 0.6 is 23.4 Å². The van der Waals surface area contributed by atoms with Gasteiger partial charge in [-0.3, -0.25) is 9.59 Å². The Bertz CT molecular complexity index is 1440. The molecule has 2 aliphatic heterocycles. The van der Waals surface area contributed by atoms with E-state index in [2.05, 4.69) is 10.3 Å². The van der Waals surface area contributed by atoms with Crippen molar-refractivity contribution >= 4 is 51.7 Å². The standard InChI is InChI=1S/C28H24ClFN4O2S/c1-16-6-7-17(2)22(12-16)31-26(35)15-25-27(36)32-28(37-25)34-24(19-4-3-5-20(29)13-19)14-23(33-34)18-8-10-21(30)11-9-18/h3-13,24-25H,14-15H2,1-2H3,(H,31,35). The summed E-state index contributed by atoms with van der Waals surface area (Å²) in [5.74, 6) is -0.945. The highest BCUT2D eigenvalue weighted by Crippen LogP contribution is 2.39. The average Bonchev–Trinajstić information content (AvgIpc) is 3.46. The SMILES string of the molecule is Cc1ccc(C)c(NC(=O)CC2SC(N3N=C(c4ccc(F)cc4)CC3c3cccc(Cl)c3)=NC2=O)c1. The summed E-state index contributed by atoms with van der Waals surface area (Å²) >= 11 is 7.49. The summed E-state index contributed by atoms with van der Waals surface area (Å²) in [6.07, 6.45) is 0.519. The van der Waals surface area contributed by atoms with E-state index >= 15 is 0 Å². The number of aryl methyl sites for hydroxylation is 2. The van der Waals surface area contributed by atoms with Crippen LogP contribution in [0.2, 0.25) is 5.02 Å². The van der Waals surface area contributed by atoms with Gasteiger partial charge in [-0.1, -0.05) is 59.8 Å². The fraction of sp³-hybridized carbons (Fsp3) is 0.214. The predicted octanol–water partition coefficient (Wildman–Crippen LogP) is 6.27. The van der Waals surface area contributed by atoms with Gasteiger partial charge >= 0.3 is 0 Å². The van der Waals surface area contributed by atoms with E-state index in [4.69, 9.17) is 16.7 Å². The number of anilines is 1. The number of hydrazone groups is 1. The zero-order chi connectivity index (χ0) is 26.1. The first-order valence-corrected chi connectivity index (χ1v) is 13.1. The summed E-state index contributed by atoms with van der Waals surface area (Å²) in [6, 6.07) is 19.2. The average molecular weight is 535 g/mol. The Labute approximate surface area is 223 Å². The predicted molar refractivity (Wildman–Crippen MR) is 147 cm³/mol. The molecule has 188 valence electrons. The number of hydrogen-bond donors (Lipinski definition) is 1. The van der Waals surface area contributed by atoms with E-state index in [9.17, 15) is 14.0 Å². The number of aliphatic imine (C=N–C) groups is 1. The first-order valence-electron chi connectivity index (χ1n) is 11.8. The Hall–Kier alpha value is -3.49. The molecule has 0 saturated heterocycles. The van der Waals surface area contributed by atoms with E-state index in [0.29, 0.717) is 16.6 Å². The Kier molecular flexibility index (Phi) is 7.13. The maximum absolute atomic E-state index is 13.5. The Morgan fingerprint density at radius 2 is 1.92 bits per heavy atom. The van der Waals surface area contributed by atoms with Gasteiger partial charge in [0.15, 0.2) is 5.17 Å². The minimum atomic E-state index is -0.648. The van der Waals surface area contributed by atoms with Crippen molar-refractivity contribution in [2.45, 2.75) is 38.0 Å². The molecule has 0 aromatic heterocycles. The zero-order valence-electron chi connectivity index (χ0n) is 20.2. The molecule has 2 aliphatic rings. The largest absolute Gasteiger partial charge is 0.326 e. The third-order valence-corrected chi connectivity index (χ3v) is 7.66. The number of hydrogen-bond acceptors (Lipinski definition) is 5. The van der Waals surface area contributed by atoms with E-state index < -0.39 is 5.25 Å². The zero-order valence-corrected chi connectivity index (χ0v) is 21.8. The van der Waals surface area contributed by atoms with Crippen LogP contribution in [-0.2, 0) is 9.59 Å². The third kappa shape index (κ3) is 5.60. The Morgan fingerprint density at radius 3 is 2.68 bits per heavy atom. The molecule has 37 heavy (non-hydrogen) atoms. The molecule has 3 aromatic carbocycles. The summed E-state index contributed by atoms with van der Waals surface area (Å²) in [4.78, 5) is 29.9. The molecule has 1 N–H and O–H groups in total. The quantitative estimate of drug-likeness (QED) is 0.418. The molecule has 0 aliphatic carbocycles. The molecule has 2 amide bonds. The number of nitrogens with zero attached hydrogens (tertiary/aromatic N) is 3. The number of amidine groups is 1. The molecule has 0 radical (unpaired) electrons. The van der Waals surface area contributed by atoms with Gasteiger partial charge in [-0.05, 0) is 66.4 Å². The number of carbonyl (C=O) groups is 2. The number of thioether (sulfide) groups is 1. The fourth-order valence-corrected chi connectivity index (χ4v) is 5.58. The van der Waals surface area contributed by atoms with Gasteiger partial charge in [-0.2, -0.15) is 10.1 Å². The highest BCUT2D eigenvalue weighted by molar-refractivity contribution is 8.15. The summed E-state index contributed by atoms with van der Waals surface area (Å²) in [5, 5.41) is 9.78. The number of benzene rings is 3. The molecule has 2 heterocycles. The van der Waals surface area contributed by atoms with E-state index in [1.165, 1.54) is 23.9 Å². The number of rotatable bonds is 5. The van der Waals surface area contributed by atoms with Crippen molar-refractivity contribution in [1.29, 1.82) is 0 Å². The third-order valence-electron chi connectivity index (χ3n) is 6.28. The summed E-state index contributed by atoms with van der Waals surface area (Å²) in [5.41, 5.74) is 5.17. The van der Waals surface area contributed by atoms with E-state index in [0.717, 1.165) is 33.7 Å². The first kappa shape index (κ1) is 25.2. The molecular formula is C28H24ClFN4O2S. The van der Waals surface area contributed by atoms with E-state index in [1.54, 1.807) is 23.2 Å². The molecular weight excluding hydrogens is 511 g/mol. The maximum Gasteiger partial charge on any atom is 0.262 e. The molecule has 5 rings (SSSR count). The van der Waals surface area contributed by atoms with E-state index in [-0.39, 0.29) is 30.1 Å². The van der Waals surface area contributed by atoms with E-state index in [1.807, 2.05) is 50.2 Å². The second kappa shape index (κ2) is 10.5. The Balaban J connectivity index is 1.36. The van der Waals surface area contributed by atoms with Gasteiger partial charge < -0.3 is 5.32 Å². The van der Waals surface area contributed by atoms with Crippen LogP contribution in [0.3, 0.4) is 0 Å². The maximum atomic E-state index is 13.5. The number of carbonyl (C=O) groups excluding carboxylic acids is 2. The molecule has 2 unspecified atom stereocenters. The van der Waals surface area contributed by atoms with Crippen molar-refractivity contribution in [1.82, 2.24) is 5.01 Å². The fourth-order valence-electron chi connectivity index (χ4n) is 4.32. The number of amides is 2. The minimum absolute atomic E-state index is 0.00587. The second-order valence-corrected chi connectivity index (χ2v) is 10.7. The van der Waals surface area contributed by atoms with Gasteiger partial charge in [0, 0.05) is 23.6 Å². The van der Waals surface area contributed by atoms with Crippen LogP contribution in [0.15, 0.2) is 76.8 Å². The van der Waals surface area contributed by atoms with Crippen molar-refractivity contribution < 1.29 is 14.0 Å². The molecule has 0 saturated carbocycles. The topological polar surface area (TPSA) is 74.1 Å². The number of nitrogens with one attached hydrogen (secondary N) is 1. The van der Waals surface area contributed by atoms with Crippen molar-refractivity contribution in [3.8, 4) is 0 Å².